The number of rotatable bonds is 4. The summed E-state index contributed by atoms with van der Waals surface area (Å²) in [5, 5.41) is 0. The van der Waals surface area contributed by atoms with Gasteiger partial charge in [-0.15, -0.1) is 0 Å². The summed E-state index contributed by atoms with van der Waals surface area (Å²) in [6, 6.07) is 7.25. The van der Waals surface area contributed by atoms with Crippen LogP contribution in [0.1, 0.15) is 20.8 Å². The molecule has 0 unspecified atom stereocenters. The number of hydrogen-bond acceptors (Lipinski definition) is 3. The molecular weight excluding hydrogens is 215 g/mol. The zero-order valence-electron chi connectivity index (χ0n) is 10.8. The number of methoxy groups -OCH3 is 1. The second kappa shape index (κ2) is 5.76. The van der Waals surface area contributed by atoms with Crippen LogP contribution in [0.15, 0.2) is 24.3 Å². The lowest BCUT2D eigenvalue weighted by molar-refractivity contribution is 0.127. The number of carbonyl (C=O) groups excluding carboxylic acids is 1. The van der Waals surface area contributed by atoms with E-state index in [2.05, 4.69) is 0 Å². The van der Waals surface area contributed by atoms with Gasteiger partial charge < -0.3 is 9.47 Å². The highest BCUT2D eigenvalue weighted by Gasteiger charge is 2.14. The maximum Gasteiger partial charge on any atom is 0.299 e. The molecule has 0 aliphatic heterocycles. The van der Waals surface area contributed by atoms with E-state index in [1.165, 1.54) is 7.28 Å². The molecule has 0 heterocycles. The van der Waals surface area contributed by atoms with Crippen LogP contribution in [0.2, 0.25) is 0 Å². The number of benzene rings is 1. The number of carbonyl (C=O) groups is 1. The van der Waals surface area contributed by atoms with Crippen molar-refractivity contribution in [3.8, 4) is 5.75 Å². The van der Waals surface area contributed by atoms with Gasteiger partial charge in [-0.3, -0.25) is 4.79 Å². The maximum atomic E-state index is 11.5. The van der Waals surface area contributed by atoms with Crippen molar-refractivity contribution in [2.75, 3.05) is 13.7 Å². The lowest BCUT2D eigenvalue weighted by Crippen LogP contribution is -2.27. The standard InChI is InChI=1S/C13H18BO3/c1-13(2,3)9-17-12(15)14-10-5-7-11(16-4)8-6-10/h5-8H,9H2,1-4H3. The molecule has 1 rings (SSSR count). The molecule has 0 saturated heterocycles. The van der Waals surface area contributed by atoms with E-state index in [-0.39, 0.29) is 11.3 Å². The first-order valence-electron chi connectivity index (χ1n) is 5.56. The normalized spacial score (nSPS) is 10.8. The van der Waals surface area contributed by atoms with Crippen LogP contribution in [0.3, 0.4) is 0 Å². The van der Waals surface area contributed by atoms with Crippen molar-refractivity contribution in [1.29, 1.82) is 0 Å². The second-order valence-corrected chi connectivity index (χ2v) is 5.09. The highest BCUT2D eigenvalue weighted by molar-refractivity contribution is 6.82. The van der Waals surface area contributed by atoms with Crippen LogP contribution < -0.4 is 10.2 Å². The van der Waals surface area contributed by atoms with E-state index < -0.39 is 0 Å². The van der Waals surface area contributed by atoms with E-state index in [4.69, 9.17) is 9.47 Å². The molecule has 0 saturated carbocycles. The van der Waals surface area contributed by atoms with Gasteiger partial charge >= 0.3 is 0 Å². The number of hydrogen-bond donors (Lipinski definition) is 0. The molecule has 0 aromatic heterocycles. The van der Waals surface area contributed by atoms with E-state index in [1.807, 2.05) is 45.0 Å². The highest BCUT2D eigenvalue weighted by Crippen LogP contribution is 2.12. The minimum atomic E-state index is -0.315. The summed E-state index contributed by atoms with van der Waals surface area (Å²) in [6.07, 6.45) is 0. The van der Waals surface area contributed by atoms with Gasteiger partial charge in [0.25, 0.3) is 13.1 Å². The first kappa shape index (κ1) is 13.6. The van der Waals surface area contributed by atoms with E-state index in [0.29, 0.717) is 6.61 Å². The van der Waals surface area contributed by atoms with Gasteiger partial charge in [0.15, 0.2) is 0 Å². The smallest absolute Gasteiger partial charge is 0.299 e. The van der Waals surface area contributed by atoms with Gasteiger partial charge in [0.1, 0.15) is 5.75 Å². The van der Waals surface area contributed by atoms with E-state index in [0.717, 1.165) is 11.2 Å². The predicted octanol–water partition coefficient (Wildman–Crippen LogP) is 2.21. The summed E-state index contributed by atoms with van der Waals surface area (Å²) in [5.74, 6) is 0.454. The quantitative estimate of drug-likeness (QED) is 0.748. The zero-order valence-corrected chi connectivity index (χ0v) is 10.8. The molecule has 0 aliphatic carbocycles. The summed E-state index contributed by atoms with van der Waals surface area (Å²) in [6.45, 7) is 6.48. The summed E-state index contributed by atoms with van der Waals surface area (Å²) in [5.41, 5.74) is 0.799. The summed E-state index contributed by atoms with van der Waals surface area (Å²) >= 11 is 0. The Hall–Kier alpha value is -1.45. The lowest BCUT2D eigenvalue weighted by atomic mass is 9.70. The predicted molar refractivity (Wildman–Crippen MR) is 69.2 cm³/mol. The Kier molecular flexibility index (Phi) is 4.61. The van der Waals surface area contributed by atoms with Crippen molar-refractivity contribution in [2.45, 2.75) is 20.8 Å². The van der Waals surface area contributed by atoms with Crippen LogP contribution >= 0.6 is 0 Å². The summed E-state index contributed by atoms with van der Waals surface area (Å²) in [4.78, 5) is 11.5. The van der Waals surface area contributed by atoms with Gasteiger partial charge in [-0.25, -0.2) is 0 Å². The molecule has 0 spiro atoms. The Morgan fingerprint density at radius 2 is 1.82 bits per heavy atom. The average Bonchev–Trinajstić information content (AvgIpc) is 2.27. The second-order valence-electron chi connectivity index (χ2n) is 5.09. The first-order chi connectivity index (χ1) is 7.90. The molecule has 0 amide bonds. The van der Waals surface area contributed by atoms with Gasteiger partial charge in [0, 0.05) is 0 Å². The molecule has 1 aromatic carbocycles. The summed E-state index contributed by atoms with van der Waals surface area (Å²) < 4.78 is 10.2. The van der Waals surface area contributed by atoms with Crippen molar-refractivity contribution in [2.24, 2.45) is 5.41 Å². The minimum absolute atomic E-state index is 0.0105. The third-order valence-corrected chi connectivity index (χ3v) is 2.05. The Morgan fingerprint density at radius 3 is 2.29 bits per heavy atom. The van der Waals surface area contributed by atoms with Gasteiger partial charge in [-0.2, -0.15) is 0 Å². The third-order valence-electron chi connectivity index (χ3n) is 2.05. The molecule has 0 atom stereocenters. The molecule has 0 N–H and O–H groups in total. The molecule has 91 valence electrons. The van der Waals surface area contributed by atoms with Gasteiger partial charge in [-0.05, 0) is 17.5 Å². The fraction of sp³-hybridized carbons (Fsp3) is 0.462. The van der Waals surface area contributed by atoms with Crippen molar-refractivity contribution < 1.29 is 14.3 Å². The van der Waals surface area contributed by atoms with Crippen LogP contribution in [0.4, 0.5) is 4.79 Å². The zero-order chi connectivity index (χ0) is 12.9. The highest BCUT2D eigenvalue weighted by atomic mass is 16.5. The monoisotopic (exact) mass is 233 g/mol. The third kappa shape index (κ3) is 5.43. The Balaban J connectivity index is 2.45. The van der Waals surface area contributed by atoms with Crippen LogP contribution in [0, 0.1) is 5.41 Å². The Bertz CT molecular complexity index is 365. The molecule has 17 heavy (non-hydrogen) atoms. The van der Waals surface area contributed by atoms with Crippen molar-refractivity contribution >= 4 is 18.6 Å². The van der Waals surface area contributed by atoms with Gasteiger partial charge in [-0.1, -0.05) is 38.4 Å². The van der Waals surface area contributed by atoms with Crippen LogP contribution in [0.25, 0.3) is 0 Å². The first-order valence-corrected chi connectivity index (χ1v) is 5.56. The van der Waals surface area contributed by atoms with E-state index in [1.54, 1.807) is 7.11 Å². The maximum absolute atomic E-state index is 11.5. The topological polar surface area (TPSA) is 35.5 Å². The largest absolute Gasteiger partial charge is 0.497 e. The molecule has 0 bridgehead atoms. The van der Waals surface area contributed by atoms with Gasteiger partial charge in [0.05, 0.1) is 13.7 Å². The SMILES string of the molecule is COc1ccc([B]C(=O)OCC(C)(C)C)cc1. The average molecular weight is 233 g/mol. The Morgan fingerprint density at radius 1 is 1.24 bits per heavy atom. The fourth-order valence-electron chi connectivity index (χ4n) is 1.17. The summed E-state index contributed by atoms with van der Waals surface area (Å²) in [7, 11) is 3.08. The van der Waals surface area contributed by atoms with Crippen LogP contribution in [-0.2, 0) is 4.74 Å². The van der Waals surface area contributed by atoms with Crippen molar-refractivity contribution in [1.82, 2.24) is 0 Å². The molecule has 0 aliphatic rings. The van der Waals surface area contributed by atoms with E-state index in [9.17, 15) is 4.79 Å². The fourth-order valence-corrected chi connectivity index (χ4v) is 1.17. The van der Waals surface area contributed by atoms with Crippen LogP contribution in [0.5, 0.6) is 5.75 Å². The number of ether oxygens (including phenoxy) is 2. The van der Waals surface area contributed by atoms with Crippen molar-refractivity contribution in [3.63, 3.8) is 0 Å². The van der Waals surface area contributed by atoms with Crippen LogP contribution in [-0.4, -0.2) is 26.9 Å². The minimum Gasteiger partial charge on any atom is -0.497 e. The Labute approximate surface area is 103 Å². The molecular formula is C13H18BO3. The molecule has 1 aromatic rings. The molecule has 0 fully saturated rings. The van der Waals surface area contributed by atoms with Gasteiger partial charge in [0.2, 0.25) is 0 Å². The van der Waals surface area contributed by atoms with Crippen molar-refractivity contribution in [3.05, 3.63) is 24.3 Å². The molecule has 3 nitrogen and oxygen atoms in total. The lowest BCUT2D eigenvalue weighted by Gasteiger charge is -2.17. The molecule has 1 radical (unpaired) electrons. The van der Waals surface area contributed by atoms with E-state index >= 15 is 0 Å². The molecule has 4 heteroatoms.